The Morgan fingerprint density at radius 2 is 2.00 bits per heavy atom. The van der Waals surface area contributed by atoms with Crippen LogP contribution in [-0.4, -0.2) is 35.9 Å². The lowest BCUT2D eigenvalue weighted by molar-refractivity contribution is -0.144. The Morgan fingerprint density at radius 1 is 1.24 bits per heavy atom. The van der Waals surface area contributed by atoms with Crippen molar-refractivity contribution in [3.05, 3.63) is 52.4 Å². The molecule has 0 aliphatic carbocycles. The number of hydrogen-bond acceptors (Lipinski definition) is 6. The Balaban J connectivity index is 0.00000240. The van der Waals surface area contributed by atoms with E-state index >= 15 is 0 Å². The van der Waals surface area contributed by atoms with Crippen molar-refractivity contribution >= 4 is 18.3 Å². The summed E-state index contributed by atoms with van der Waals surface area (Å²) in [5, 5.41) is 15.1. The first-order valence-corrected chi connectivity index (χ1v) is 8.34. The minimum absolute atomic E-state index is 0. The van der Waals surface area contributed by atoms with Gasteiger partial charge in [0.05, 0.1) is 0 Å². The number of nitrogens with one attached hydrogen (secondary N) is 3. The van der Waals surface area contributed by atoms with Crippen molar-refractivity contribution in [1.82, 2.24) is 40.6 Å². The first-order chi connectivity index (χ1) is 13.3. The maximum atomic E-state index is 12.6. The first kappa shape index (κ1) is 20.7. The van der Waals surface area contributed by atoms with Gasteiger partial charge in [0, 0.05) is 19.6 Å². The second-order valence-electron chi connectivity index (χ2n) is 6.27. The van der Waals surface area contributed by atoms with Gasteiger partial charge in [0.15, 0.2) is 0 Å². The van der Waals surface area contributed by atoms with Crippen molar-refractivity contribution in [2.45, 2.75) is 32.7 Å². The summed E-state index contributed by atoms with van der Waals surface area (Å²) in [5.41, 5.74) is 3.35. The molecule has 1 aromatic carbocycles. The molecule has 13 heteroatoms. The summed E-state index contributed by atoms with van der Waals surface area (Å²) in [5.74, 6) is -2.15. The van der Waals surface area contributed by atoms with Gasteiger partial charge in [-0.05, 0) is 23.6 Å². The predicted molar refractivity (Wildman–Crippen MR) is 96.4 cm³/mol. The van der Waals surface area contributed by atoms with Gasteiger partial charge >= 0.3 is 6.18 Å². The molecule has 1 aliphatic heterocycles. The lowest BCUT2D eigenvalue weighted by atomic mass is 10.1. The zero-order valence-corrected chi connectivity index (χ0v) is 15.9. The van der Waals surface area contributed by atoms with Crippen LogP contribution in [0.15, 0.2) is 18.2 Å². The Hall–Kier alpha value is -2.99. The number of carbonyl (C=O) groups is 1. The van der Waals surface area contributed by atoms with E-state index in [0.29, 0.717) is 0 Å². The smallest absolute Gasteiger partial charge is 0.345 e. The van der Waals surface area contributed by atoms with Crippen LogP contribution >= 0.6 is 12.4 Å². The summed E-state index contributed by atoms with van der Waals surface area (Å²) in [4.78, 5) is 19.6. The highest BCUT2D eigenvalue weighted by Gasteiger charge is 2.35. The normalized spacial score (nSPS) is 13.1. The minimum Gasteiger partial charge on any atom is -0.345 e. The fourth-order valence-corrected chi connectivity index (χ4v) is 2.87. The predicted octanol–water partition coefficient (Wildman–Crippen LogP) is 1.67. The molecular weight excluding hydrogens is 413 g/mol. The molecule has 1 aliphatic rings. The molecule has 0 spiro atoms. The number of H-pyrrole nitrogens is 1. The lowest BCUT2D eigenvalue weighted by Crippen LogP contribution is -2.24. The summed E-state index contributed by atoms with van der Waals surface area (Å²) in [6, 6.07) is 5.95. The van der Waals surface area contributed by atoms with E-state index in [1.54, 1.807) is 5.10 Å². The molecule has 29 heavy (non-hydrogen) atoms. The van der Waals surface area contributed by atoms with E-state index in [1.165, 1.54) is 18.1 Å². The zero-order chi connectivity index (χ0) is 19.9. The summed E-state index contributed by atoms with van der Waals surface area (Å²) < 4.78 is 38.9. The van der Waals surface area contributed by atoms with Gasteiger partial charge in [-0.1, -0.05) is 18.2 Å². The van der Waals surface area contributed by atoms with Crippen LogP contribution < -0.4 is 10.6 Å². The van der Waals surface area contributed by atoms with Crippen LogP contribution in [0.25, 0.3) is 5.95 Å². The second kappa shape index (κ2) is 7.79. The largest absolute Gasteiger partial charge is 0.451 e. The van der Waals surface area contributed by atoms with Crippen molar-refractivity contribution in [1.29, 1.82) is 0 Å². The molecule has 9 nitrogen and oxygen atoms in total. The molecule has 2 aromatic heterocycles. The Bertz CT molecular complexity index is 1050. The van der Waals surface area contributed by atoms with Crippen LogP contribution in [0.4, 0.5) is 13.2 Å². The quantitative estimate of drug-likeness (QED) is 0.582. The second-order valence-corrected chi connectivity index (χ2v) is 6.27. The molecule has 3 aromatic rings. The van der Waals surface area contributed by atoms with Gasteiger partial charge < -0.3 is 10.6 Å². The van der Waals surface area contributed by atoms with Crippen LogP contribution in [0.3, 0.4) is 0 Å². The van der Waals surface area contributed by atoms with Crippen molar-refractivity contribution in [2.24, 2.45) is 0 Å². The molecule has 3 heterocycles. The fourth-order valence-electron chi connectivity index (χ4n) is 2.87. The fraction of sp³-hybridized carbons (Fsp3) is 0.312. The molecule has 0 bridgehead atoms. The highest BCUT2D eigenvalue weighted by Crippen LogP contribution is 2.26. The number of nitrogens with zero attached hydrogens (tertiary/aromatic N) is 5. The average Bonchev–Trinajstić information content (AvgIpc) is 3.37. The lowest BCUT2D eigenvalue weighted by Gasteiger charge is -2.05. The van der Waals surface area contributed by atoms with Crippen LogP contribution in [0.1, 0.15) is 39.0 Å². The molecule has 154 valence electrons. The number of aryl methyl sites for hydroxylation is 1. The van der Waals surface area contributed by atoms with Gasteiger partial charge in [-0.15, -0.1) is 22.6 Å². The van der Waals surface area contributed by atoms with Crippen LogP contribution in [0.2, 0.25) is 0 Å². The van der Waals surface area contributed by atoms with Crippen LogP contribution in [-0.2, 0) is 25.8 Å². The summed E-state index contributed by atoms with van der Waals surface area (Å²) in [6.07, 6.45) is -4.66. The molecule has 0 unspecified atom stereocenters. The average molecular weight is 429 g/mol. The maximum absolute atomic E-state index is 12.6. The number of amides is 1. The number of aromatic amines is 1. The molecule has 4 rings (SSSR count). The van der Waals surface area contributed by atoms with Gasteiger partial charge in [0.2, 0.25) is 11.6 Å². The Kier molecular flexibility index (Phi) is 5.57. The van der Waals surface area contributed by atoms with E-state index in [9.17, 15) is 18.0 Å². The number of benzene rings is 1. The minimum atomic E-state index is -4.66. The number of carbonyl (C=O) groups excluding carboxylic acids is 1. The van der Waals surface area contributed by atoms with E-state index < -0.39 is 17.9 Å². The van der Waals surface area contributed by atoms with Gasteiger partial charge in [-0.25, -0.2) is 4.98 Å². The highest BCUT2D eigenvalue weighted by atomic mass is 35.5. The van der Waals surface area contributed by atoms with Gasteiger partial charge in [0.25, 0.3) is 11.9 Å². The number of halogens is 4. The zero-order valence-electron chi connectivity index (χ0n) is 15.0. The van der Waals surface area contributed by atoms with Gasteiger partial charge in [-0.2, -0.15) is 22.8 Å². The van der Waals surface area contributed by atoms with E-state index in [1.807, 2.05) is 18.2 Å². The molecule has 0 atom stereocenters. The highest BCUT2D eigenvalue weighted by molar-refractivity contribution is 5.90. The van der Waals surface area contributed by atoms with Crippen LogP contribution in [0, 0.1) is 6.92 Å². The van der Waals surface area contributed by atoms with E-state index in [-0.39, 0.29) is 36.5 Å². The Morgan fingerprint density at radius 3 is 2.72 bits per heavy atom. The number of fused-ring (bicyclic) bond motifs is 1. The third-order valence-electron chi connectivity index (χ3n) is 4.26. The molecule has 0 saturated carbocycles. The van der Waals surface area contributed by atoms with Crippen molar-refractivity contribution in [3.63, 3.8) is 0 Å². The molecule has 0 radical (unpaired) electrons. The topological polar surface area (TPSA) is 113 Å². The number of hydrogen-bond donors (Lipinski definition) is 3. The van der Waals surface area contributed by atoms with Gasteiger partial charge in [0.1, 0.15) is 5.82 Å². The summed E-state index contributed by atoms with van der Waals surface area (Å²) in [7, 11) is 0. The number of aromatic nitrogens is 6. The summed E-state index contributed by atoms with van der Waals surface area (Å²) >= 11 is 0. The van der Waals surface area contributed by atoms with Gasteiger partial charge in [-0.3, -0.25) is 9.89 Å². The SMILES string of the molecule is Cc1nc(C(=O)NCc2ccc3c(c2)CNC3)nn1-c1n[nH]c(C(F)(F)F)n1.Cl. The number of alkyl halides is 3. The van der Waals surface area contributed by atoms with Crippen molar-refractivity contribution in [3.8, 4) is 5.95 Å². The van der Waals surface area contributed by atoms with Crippen molar-refractivity contribution in [2.75, 3.05) is 0 Å². The third kappa shape index (κ3) is 4.22. The molecule has 3 N–H and O–H groups in total. The third-order valence-corrected chi connectivity index (χ3v) is 4.26. The summed E-state index contributed by atoms with van der Waals surface area (Å²) in [6.45, 7) is 3.39. The number of rotatable bonds is 4. The molecule has 0 fully saturated rings. The molecule has 1 amide bonds. The van der Waals surface area contributed by atoms with E-state index in [0.717, 1.165) is 23.3 Å². The van der Waals surface area contributed by atoms with E-state index in [2.05, 4.69) is 30.8 Å². The monoisotopic (exact) mass is 428 g/mol. The molecular formula is C16H16ClF3N8O. The first-order valence-electron chi connectivity index (χ1n) is 8.34. The standard InChI is InChI=1S/C16H15F3N8O.ClH/c1-8-22-12(26-27(8)15-23-14(24-25-15)16(17,18)19)13(28)21-5-9-2-3-10-6-20-7-11(10)4-9;/h2-4,20H,5-7H2,1H3,(H,21,28)(H,23,24,25);1H. The van der Waals surface area contributed by atoms with Crippen molar-refractivity contribution < 1.29 is 18.0 Å². The maximum Gasteiger partial charge on any atom is 0.451 e. The molecule has 0 saturated heterocycles. The Labute approximate surface area is 168 Å². The van der Waals surface area contributed by atoms with E-state index in [4.69, 9.17) is 0 Å². The van der Waals surface area contributed by atoms with Crippen LogP contribution in [0.5, 0.6) is 0 Å².